The number of anilines is 1. The number of hydrogen-bond acceptors (Lipinski definition) is 2. The van der Waals surface area contributed by atoms with Gasteiger partial charge in [-0.3, -0.25) is 0 Å². The van der Waals surface area contributed by atoms with Crippen LogP contribution < -0.4 is 10.1 Å². The number of halogens is 2. The van der Waals surface area contributed by atoms with E-state index in [1.165, 1.54) is 6.07 Å². The Bertz CT molecular complexity index is 574. The Kier molecular flexibility index (Phi) is 5.24. The number of ether oxygens (including phenoxy) is 1. The van der Waals surface area contributed by atoms with Crippen LogP contribution in [0.25, 0.3) is 0 Å². The van der Waals surface area contributed by atoms with Crippen LogP contribution in [0.2, 0.25) is 5.02 Å². The first-order chi connectivity index (χ1) is 9.69. The van der Waals surface area contributed by atoms with E-state index in [0.29, 0.717) is 23.7 Å². The maximum atomic E-state index is 13.6. The van der Waals surface area contributed by atoms with E-state index in [4.69, 9.17) is 16.3 Å². The van der Waals surface area contributed by atoms with Gasteiger partial charge in [0.15, 0.2) is 0 Å². The van der Waals surface area contributed by atoms with Crippen LogP contribution in [0.5, 0.6) is 5.75 Å². The van der Waals surface area contributed by atoms with Crippen molar-refractivity contribution in [3.05, 3.63) is 58.9 Å². The molecule has 0 unspecified atom stereocenters. The van der Waals surface area contributed by atoms with Crippen LogP contribution >= 0.6 is 11.6 Å². The molecule has 0 saturated heterocycles. The van der Waals surface area contributed by atoms with Gasteiger partial charge < -0.3 is 10.1 Å². The second-order valence-corrected chi connectivity index (χ2v) is 4.90. The molecule has 0 bridgehead atoms. The Balaban J connectivity index is 1.99. The van der Waals surface area contributed by atoms with Gasteiger partial charge in [-0.05, 0) is 30.7 Å². The van der Waals surface area contributed by atoms with Gasteiger partial charge in [0.25, 0.3) is 0 Å². The van der Waals surface area contributed by atoms with Gasteiger partial charge in [0.05, 0.1) is 6.61 Å². The van der Waals surface area contributed by atoms with Crippen LogP contribution in [0.15, 0.2) is 42.5 Å². The highest BCUT2D eigenvalue weighted by molar-refractivity contribution is 6.30. The molecule has 2 aromatic carbocycles. The van der Waals surface area contributed by atoms with Crippen molar-refractivity contribution in [2.45, 2.75) is 19.9 Å². The topological polar surface area (TPSA) is 21.3 Å². The van der Waals surface area contributed by atoms with Crippen molar-refractivity contribution in [2.24, 2.45) is 0 Å². The molecule has 1 N–H and O–H groups in total. The number of benzene rings is 2. The third kappa shape index (κ3) is 4.14. The molecule has 0 amide bonds. The highest BCUT2D eigenvalue weighted by Crippen LogP contribution is 2.20. The predicted molar refractivity (Wildman–Crippen MR) is 81.0 cm³/mol. The molecule has 4 heteroatoms. The maximum absolute atomic E-state index is 13.6. The van der Waals surface area contributed by atoms with Gasteiger partial charge in [0.1, 0.15) is 11.6 Å². The van der Waals surface area contributed by atoms with Crippen molar-refractivity contribution in [3.8, 4) is 5.75 Å². The lowest BCUT2D eigenvalue weighted by Crippen LogP contribution is -2.02. The summed E-state index contributed by atoms with van der Waals surface area (Å²) in [4.78, 5) is 0. The standard InChI is InChI=1S/C16H17ClFNO/c1-2-8-20-15-5-3-4-14(10-15)19-11-12-6-7-13(17)9-16(12)18/h3-7,9-10,19H,2,8,11H2,1H3. The van der Waals surface area contributed by atoms with Crippen molar-refractivity contribution >= 4 is 17.3 Å². The monoisotopic (exact) mass is 293 g/mol. The molecule has 2 nitrogen and oxygen atoms in total. The Morgan fingerprint density at radius 3 is 2.80 bits per heavy atom. The van der Waals surface area contributed by atoms with Crippen LogP contribution in [0.1, 0.15) is 18.9 Å². The Labute approximate surface area is 123 Å². The lowest BCUT2D eigenvalue weighted by Gasteiger charge is -2.10. The number of nitrogens with one attached hydrogen (secondary N) is 1. The van der Waals surface area contributed by atoms with E-state index in [9.17, 15) is 4.39 Å². The molecule has 2 aromatic rings. The molecule has 0 radical (unpaired) electrons. The highest BCUT2D eigenvalue weighted by Gasteiger charge is 2.03. The highest BCUT2D eigenvalue weighted by atomic mass is 35.5. The summed E-state index contributed by atoms with van der Waals surface area (Å²) in [6.07, 6.45) is 0.966. The third-order valence-corrected chi connectivity index (χ3v) is 3.04. The molecule has 0 spiro atoms. The second-order valence-electron chi connectivity index (χ2n) is 4.47. The largest absolute Gasteiger partial charge is 0.494 e. The van der Waals surface area contributed by atoms with E-state index < -0.39 is 0 Å². The molecular weight excluding hydrogens is 277 g/mol. The smallest absolute Gasteiger partial charge is 0.129 e. The second kappa shape index (κ2) is 7.15. The number of hydrogen-bond donors (Lipinski definition) is 1. The quantitative estimate of drug-likeness (QED) is 0.819. The van der Waals surface area contributed by atoms with Crippen molar-refractivity contribution < 1.29 is 9.13 Å². The summed E-state index contributed by atoms with van der Waals surface area (Å²) in [6.45, 7) is 3.15. The molecule has 0 saturated carbocycles. The summed E-state index contributed by atoms with van der Waals surface area (Å²) in [7, 11) is 0. The summed E-state index contributed by atoms with van der Waals surface area (Å²) < 4.78 is 19.2. The minimum Gasteiger partial charge on any atom is -0.494 e. The van der Waals surface area contributed by atoms with E-state index in [-0.39, 0.29) is 5.82 Å². The molecule has 20 heavy (non-hydrogen) atoms. The average molecular weight is 294 g/mol. The summed E-state index contributed by atoms with van der Waals surface area (Å²) in [5, 5.41) is 3.58. The third-order valence-electron chi connectivity index (χ3n) is 2.80. The van der Waals surface area contributed by atoms with Gasteiger partial charge in [-0.2, -0.15) is 0 Å². The predicted octanol–water partition coefficient (Wildman–Crippen LogP) is 4.88. The minimum absolute atomic E-state index is 0.302. The molecule has 0 fully saturated rings. The fraction of sp³-hybridized carbons (Fsp3) is 0.250. The lowest BCUT2D eigenvalue weighted by molar-refractivity contribution is 0.317. The average Bonchev–Trinajstić information content (AvgIpc) is 2.45. The zero-order valence-electron chi connectivity index (χ0n) is 11.3. The fourth-order valence-corrected chi connectivity index (χ4v) is 1.94. The van der Waals surface area contributed by atoms with Gasteiger partial charge >= 0.3 is 0 Å². The van der Waals surface area contributed by atoms with E-state index in [1.54, 1.807) is 12.1 Å². The summed E-state index contributed by atoms with van der Waals surface area (Å²) >= 11 is 5.73. The molecule has 0 aliphatic rings. The number of rotatable bonds is 6. The molecular formula is C16H17ClFNO. The van der Waals surface area contributed by atoms with Gasteiger partial charge in [0, 0.05) is 28.9 Å². The van der Waals surface area contributed by atoms with Crippen molar-refractivity contribution in [2.75, 3.05) is 11.9 Å². The van der Waals surface area contributed by atoms with Crippen LogP contribution in [0, 0.1) is 5.82 Å². The first-order valence-corrected chi connectivity index (χ1v) is 6.97. The van der Waals surface area contributed by atoms with E-state index in [0.717, 1.165) is 17.9 Å². The summed E-state index contributed by atoms with van der Waals surface area (Å²) in [5.74, 6) is 0.511. The Hall–Kier alpha value is -1.74. The van der Waals surface area contributed by atoms with Crippen LogP contribution in [0.4, 0.5) is 10.1 Å². The maximum Gasteiger partial charge on any atom is 0.129 e. The first-order valence-electron chi connectivity index (χ1n) is 6.59. The Morgan fingerprint density at radius 1 is 1.20 bits per heavy atom. The summed E-state index contributed by atoms with van der Waals surface area (Å²) in [6, 6.07) is 12.3. The fourth-order valence-electron chi connectivity index (χ4n) is 1.78. The molecule has 0 atom stereocenters. The van der Waals surface area contributed by atoms with E-state index >= 15 is 0 Å². The van der Waals surface area contributed by atoms with Crippen molar-refractivity contribution in [1.29, 1.82) is 0 Å². The Morgan fingerprint density at radius 2 is 2.05 bits per heavy atom. The zero-order chi connectivity index (χ0) is 14.4. The van der Waals surface area contributed by atoms with Gasteiger partial charge in [-0.1, -0.05) is 30.7 Å². The SMILES string of the molecule is CCCOc1cccc(NCc2ccc(Cl)cc2F)c1. The van der Waals surface area contributed by atoms with Gasteiger partial charge in [-0.15, -0.1) is 0 Å². The molecule has 0 aliphatic heterocycles. The van der Waals surface area contributed by atoms with Crippen molar-refractivity contribution in [3.63, 3.8) is 0 Å². The molecule has 0 heterocycles. The van der Waals surface area contributed by atoms with Crippen molar-refractivity contribution in [1.82, 2.24) is 0 Å². The van der Waals surface area contributed by atoms with Crippen LogP contribution in [-0.2, 0) is 6.54 Å². The molecule has 0 aromatic heterocycles. The van der Waals surface area contributed by atoms with Crippen LogP contribution in [-0.4, -0.2) is 6.61 Å². The van der Waals surface area contributed by atoms with Gasteiger partial charge in [0.2, 0.25) is 0 Å². The molecule has 106 valence electrons. The van der Waals surface area contributed by atoms with E-state index in [2.05, 4.69) is 12.2 Å². The first kappa shape index (κ1) is 14.7. The minimum atomic E-state index is -0.302. The van der Waals surface area contributed by atoms with Gasteiger partial charge in [-0.25, -0.2) is 4.39 Å². The van der Waals surface area contributed by atoms with E-state index in [1.807, 2.05) is 24.3 Å². The normalized spacial score (nSPS) is 10.3. The zero-order valence-corrected chi connectivity index (χ0v) is 12.1. The lowest BCUT2D eigenvalue weighted by atomic mass is 10.2. The molecule has 2 rings (SSSR count). The van der Waals surface area contributed by atoms with Crippen LogP contribution in [0.3, 0.4) is 0 Å². The summed E-state index contributed by atoms with van der Waals surface area (Å²) in [5.41, 5.74) is 1.47. The molecule has 0 aliphatic carbocycles.